The molecule has 0 aliphatic heterocycles. The van der Waals surface area contributed by atoms with E-state index in [0.717, 1.165) is 0 Å². The van der Waals surface area contributed by atoms with Gasteiger partial charge in [0, 0.05) is 0 Å². The Morgan fingerprint density at radius 1 is 1.57 bits per heavy atom. The van der Waals surface area contributed by atoms with E-state index in [0.29, 0.717) is 0 Å². The maximum Gasteiger partial charge on any atom is 0.327 e. The van der Waals surface area contributed by atoms with Crippen LogP contribution in [0, 0.1) is 0 Å². The predicted octanol–water partition coefficient (Wildman–Crippen LogP) is 2.93. The third-order valence-corrected chi connectivity index (χ3v) is 2.43. The van der Waals surface area contributed by atoms with Crippen molar-refractivity contribution in [3.63, 3.8) is 0 Å². The van der Waals surface area contributed by atoms with Crippen molar-refractivity contribution in [2.24, 2.45) is 0 Å². The molecule has 0 amide bonds. The molecule has 0 fully saturated rings. The van der Waals surface area contributed by atoms with Crippen LogP contribution in [0.2, 0.25) is 0 Å². The van der Waals surface area contributed by atoms with Gasteiger partial charge in [-0.25, -0.2) is 0 Å². The van der Waals surface area contributed by atoms with E-state index in [1.54, 1.807) is 0 Å². The van der Waals surface area contributed by atoms with Gasteiger partial charge < -0.3 is 0 Å². The lowest BCUT2D eigenvalue weighted by atomic mass is 10.8. The number of halogens is 5. The third kappa shape index (κ3) is 3.67. The van der Waals surface area contributed by atoms with E-state index in [-0.39, 0.29) is 0 Å². The molecule has 0 aromatic rings. The lowest BCUT2D eigenvalue weighted by molar-refractivity contribution is 0.134. The van der Waals surface area contributed by atoms with Crippen LogP contribution in [0.15, 0.2) is 0 Å². The second-order valence-corrected chi connectivity index (χ2v) is 3.78. The second kappa shape index (κ2) is 2.60. The lowest BCUT2D eigenvalue weighted by Crippen LogP contribution is -2.13. The van der Waals surface area contributed by atoms with Gasteiger partial charge in [-0.1, -0.05) is 15.9 Å². The molecule has 7 heavy (non-hydrogen) atoms. The topological polar surface area (TPSA) is 0 Å². The normalized spacial score (nSPS) is 16.7. The van der Waals surface area contributed by atoms with Crippen molar-refractivity contribution in [3.8, 4) is 0 Å². The highest BCUT2D eigenvalue weighted by Gasteiger charge is 2.32. The van der Waals surface area contributed by atoms with Gasteiger partial charge in [-0.15, -0.1) is 11.6 Å². The van der Waals surface area contributed by atoms with Crippen LogP contribution in [0.3, 0.4) is 0 Å². The first-order valence-electron chi connectivity index (χ1n) is 1.29. The van der Waals surface area contributed by atoms with Crippen LogP contribution in [0.4, 0.5) is 8.78 Å². The minimum atomic E-state index is -3.01. The zero-order valence-electron chi connectivity index (χ0n) is 2.97. The van der Waals surface area contributed by atoms with Crippen molar-refractivity contribution >= 4 is 43.5 Å². The first kappa shape index (κ1) is 8.11. The molecule has 0 aliphatic carbocycles. The number of hydrogen-bond donors (Lipinski definition) is 0. The van der Waals surface area contributed by atoms with Crippen molar-refractivity contribution in [1.29, 1.82) is 0 Å². The van der Waals surface area contributed by atoms with Gasteiger partial charge in [-0.05, 0) is 15.9 Å². The van der Waals surface area contributed by atoms with Crippen LogP contribution >= 0.6 is 43.5 Å². The Bertz CT molecular complexity index is 59.2. The summed E-state index contributed by atoms with van der Waals surface area (Å²) in [5, 5.41) is 0. The van der Waals surface area contributed by atoms with E-state index in [4.69, 9.17) is 11.6 Å². The molecule has 44 valence electrons. The van der Waals surface area contributed by atoms with E-state index in [9.17, 15) is 8.78 Å². The van der Waals surface area contributed by atoms with Crippen LogP contribution in [0.5, 0.6) is 0 Å². The van der Waals surface area contributed by atoms with E-state index >= 15 is 0 Å². The van der Waals surface area contributed by atoms with Crippen LogP contribution in [0.1, 0.15) is 0 Å². The molecular weight excluding hydrogens is 257 g/mol. The van der Waals surface area contributed by atoms with E-state index in [1.807, 2.05) is 15.9 Å². The molecular formula is C2HBr2ClF2. The smallest absolute Gasteiger partial charge is 0.191 e. The summed E-state index contributed by atoms with van der Waals surface area (Å²) in [7, 11) is 0. The van der Waals surface area contributed by atoms with Gasteiger partial charge in [0.1, 0.15) is 0 Å². The van der Waals surface area contributed by atoms with E-state index in [1.165, 1.54) is 0 Å². The number of alkyl halides is 5. The van der Waals surface area contributed by atoms with Gasteiger partial charge in [0.2, 0.25) is 0 Å². The monoisotopic (exact) mass is 256 g/mol. The lowest BCUT2D eigenvalue weighted by Gasteiger charge is -2.06. The zero-order chi connectivity index (χ0) is 6.08. The Morgan fingerprint density at radius 3 is 1.71 bits per heavy atom. The molecule has 0 unspecified atom stereocenters. The van der Waals surface area contributed by atoms with Crippen molar-refractivity contribution in [2.45, 2.75) is 9.12 Å². The standard InChI is InChI=1S/C2HBr2ClF2/c3-1(5)2(4,6)7/h1H/t1-/m0/s1. The van der Waals surface area contributed by atoms with Crippen LogP contribution in [-0.2, 0) is 0 Å². The quantitative estimate of drug-likeness (QED) is 0.634. The number of rotatable bonds is 1. The summed E-state index contributed by atoms with van der Waals surface area (Å²) in [6, 6.07) is 0. The molecule has 0 nitrogen and oxygen atoms in total. The largest absolute Gasteiger partial charge is 0.327 e. The Labute approximate surface area is 61.5 Å². The summed E-state index contributed by atoms with van der Waals surface area (Å²) < 4.78 is 21.8. The van der Waals surface area contributed by atoms with Gasteiger partial charge in [0.25, 0.3) is 0 Å². The Kier molecular flexibility index (Phi) is 3.01. The molecule has 5 heteroatoms. The van der Waals surface area contributed by atoms with Crippen LogP contribution < -0.4 is 0 Å². The fourth-order valence-corrected chi connectivity index (χ4v) is 0. The Morgan fingerprint density at radius 2 is 1.71 bits per heavy atom. The minimum Gasteiger partial charge on any atom is -0.191 e. The van der Waals surface area contributed by atoms with Crippen molar-refractivity contribution in [2.75, 3.05) is 0 Å². The molecule has 0 radical (unpaired) electrons. The van der Waals surface area contributed by atoms with Gasteiger partial charge in [0.15, 0.2) is 4.29 Å². The molecule has 0 spiro atoms. The summed E-state index contributed by atoms with van der Waals surface area (Å²) in [6.07, 6.45) is 0. The maximum absolute atomic E-state index is 11.6. The Hall–Kier alpha value is 1.11. The fourth-order valence-electron chi connectivity index (χ4n) is 0. The van der Waals surface area contributed by atoms with Gasteiger partial charge in [-0.2, -0.15) is 8.78 Å². The van der Waals surface area contributed by atoms with Gasteiger partial charge in [0.05, 0.1) is 0 Å². The van der Waals surface area contributed by atoms with Crippen molar-refractivity contribution in [3.05, 3.63) is 0 Å². The third-order valence-electron chi connectivity index (χ3n) is 0.247. The molecule has 0 rings (SSSR count). The summed E-state index contributed by atoms with van der Waals surface area (Å²) in [4.78, 5) is -3.01. The highest BCUT2D eigenvalue weighted by molar-refractivity contribution is 9.12. The second-order valence-electron chi connectivity index (χ2n) is 0.842. The summed E-state index contributed by atoms with van der Waals surface area (Å²) in [5.74, 6) is 0. The van der Waals surface area contributed by atoms with E-state index in [2.05, 4.69) is 15.9 Å². The molecule has 0 saturated carbocycles. The maximum atomic E-state index is 11.6. The molecule has 0 aromatic carbocycles. The average Bonchev–Trinajstić information content (AvgIpc) is 1.31. The Balaban J connectivity index is 3.54. The molecule has 0 bridgehead atoms. The first-order valence-corrected chi connectivity index (χ1v) is 3.44. The van der Waals surface area contributed by atoms with Gasteiger partial charge in [-0.3, -0.25) is 0 Å². The predicted molar refractivity (Wildman–Crippen MR) is 32.4 cm³/mol. The molecule has 0 saturated heterocycles. The molecule has 0 N–H and O–H groups in total. The van der Waals surface area contributed by atoms with E-state index < -0.39 is 9.12 Å². The summed E-state index contributed by atoms with van der Waals surface area (Å²) >= 11 is 9.37. The summed E-state index contributed by atoms with van der Waals surface area (Å²) in [5.41, 5.74) is 0. The van der Waals surface area contributed by atoms with Gasteiger partial charge >= 0.3 is 4.83 Å². The first-order chi connectivity index (χ1) is 2.94. The molecule has 1 atom stereocenters. The molecule has 0 aliphatic rings. The SMILES string of the molecule is FC(F)(Br)[C@H](Cl)Br. The minimum absolute atomic E-state index is 1.33. The van der Waals surface area contributed by atoms with Crippen molar-refractivity contribution < 1.29 is 8.78 Å². The highest BCUT2D eigenvalue weighted by atomic mass is 79.9. The van der Waals surface area contributed by atoms with Crippen molar-refractivity contribution in [1.82, 2.24) is 0 Å². The van der Waals surface area contributed by atoms with Crippen LogP contribution in [0.25, 0.3) is 0 Å². The average molecular weight is 258 g/mol. The zero-order valence-corrected chi connectivity index (χ0v) is 6.90. The fraction of sp³-hybridized carbons (Fsp3) is 1.00. The molecule has 0 aromatic heterocycles. The van der Waals surface area contributed by atoms with Crippen LogP contribution in [-0.4, -0.2) is 9.12 Å². The molecule has 0 heterocycles. The number of hydrogen-bond acceptors (Lipinski definition) is 0. The summed E-state index contributed by atoms with van der Waals surface area (Å²) in [6.45, 7) is 0. The highest BCUT2D eigenvalue weighted by Crippen LogP contribution is 2.33.